The van der Waals surface area contributed by atoms with Gasteiger partial charge in [-0.3, -0.25) is 0 Å². The summed E-state index contributed by atoms with van der Waals surface area (Å²) >= 11 is 2.16. The monoisotopic (exact) mass is 390 g/mol. The molecule has 0 N–H and O–H groups in total. The van der Waals surface area contributed by atoms with Crippen LogP contribution in [0.3, 0.4) is 0 Å². The van der Waals surface area contributed by atoms with E-state index in [9.17, 15) is 0 Å². The minimum Gasteiger partial charge on any atom is -0.301 e. The average Bonchev–Trinajstić information content (AvgIpc) is 2.51. The molecule has 0 aliphatic carbocycles. The van der Waals surface area contributed by atoms with Gasteiger partial charge in [0.1, 0.15) is 0 Å². The molecule has 98 valence electrons. The molecule has 0 saturated heterocycles. The summed E-state index contributed by atoms with van der Waals surface area (Å²) in [5.41, 5.74) is 1.25. The molecule has 4 rings (SSSR count). The molecule has 0 radical (unpaired) electrons. The second-order valence-electron chi connectivity index (χ2n) is 4.91. The number of halogens is 1. The molecular formula is C17H11IOS. The van der Waals surface area contributed by atoms with Gasteiger partial charge in [-0.2, -0.15) is 0 Å². The molecule has 0 spiro atoms. The third kappa shape index (κ3) is 1.88. The lowest BCUT2D eigenvalue weighted by Gasteiger charge is -2.13. The predicted octanol–water partition coefficient (Wildman–Crippen LogP) is 6.10. The van der Waals surface area contributed by atoms with Crippen LogP contribution in [0.15, 0.2) is 54.6 Å². The molecule has 0 aliphatic heterocycles. The summed E-state index contributed by atoms with van der Waals surface area (Å²) in [5, 5.41) is 7.95. The number of hydrogen-bond acceptors (Lipinski definition) is 2. The SMILES string of the molecule is ISOCc1ccc2ccc3cccc4ccc1c2c34. The first kappa shape index (κ1) is 12.7. The third-order valence-electron chi connectivity index (χ3n) is 3.88. The Morgan fingerprint density at radius 2 is 1.45 bits per heavy atom. The van der Waals surface area contributed by atoms with Crippen LogP contribution < -0.4 is 0 Å². The van der Waals surface area contributed by atoms with Crippen LogP contribution in [-0.4, -0.2) is 0 Å². The van der Waals surface area contributed by atoms with E-state index in [-0.39, 0.29) is 0 Å². The first-order chi connectivity index (χ1) is 9.88. The van der Waals surface area contributed by atoms with Crippen molar-refractivity contribution in [3.8, 4) is 0 Å². The molecule has 0 fully saturated rings. The van der Waals surface area contributed by atoms with Gasteiger partial charge in [-0.05, 0) is 37.9 Å². The van der Waals surface area contributed by atoms with E-state index in [1.165, 1.54) is 47.1 Å². The highest BCUT2D eigenvalue weighted by molar-refractivity contribution is 14.2. The summed E-state index contributed by atoms with van der Waals surface area (Å²) in [4.78, 5) is 0. The van der Waals surface area contributed by atoms with Crippen molar-refractivity contribution in [2.24, 2.45) is 0 Å². The van der Waals surface area contributed by atoms with Gasteiger partial charge in [0.25, 0.3) is 0 Å². The van der Waals surface area contributed by atoms with E-state index in [1.807, 2.05) is 0 Å². The van der Waals surface area contributed by atoms with Crippen LogP contribution in [0.2, 0.25) is 0 Å². The van der Waals surface area contributed by atoms with Crippen LogP contribution in [0.5, 0.6) is 0 Å². The van der Waals surface area contributed by atoms with Gasteiger partial charge < -0.3 is 4.18 Å². The molecule has 0 amide bonds. The van der Waals surface area contributed by atoms with Gasteiger partial charge in [0.05, 0.1) is 15.8 Å². The first-order valence-corrected chi connectivity index (χ1v) is 9.72. The molecule has 4 aromatic rings. The maximum atomic E-state index is 5.51. The summed E-state index contributed by atoms with van der Waals surface area (Å²) in [5.74, 6) is 0. The van der Waals surface area contributed by atoms with Gasteiger partial charge in [0.15, 0.2) is 0 Å². The van der Waals surface area contributed by atoms with Gasteiger partial charge in [0, 0.05) is 21.2 Å². The molecule has 4 aromatic carbocycles. The Labute approximate surface area is 133 Å². The van der Waals surface area contributed by atoms with Crippen LogP contribution in [0, 0.1) is 0 Å². The van der Waals surface area contributed by atoms with Gasteiger partial charge in [-0.15, -0.1) is 0 Å². The van der Waals surface area contributed by atoms with Crippen molar-refractivity contribution in [1.82, 2.24) is 0 Å². The number of hydrogen-bond donors (Lipinski definition) is 0. The highest BCUT2D eigenvalue weighted by Gasteiger charge is 2.10. The van der Waals surface area contributed by atoms with Gasteiger partial charge in [-0.1, -0.05) is 54.6 Å². The normalized spacial score (nSPS) is 11.8. The molecule has 0 bridgehead atoms. The summed E-state index contributed by atoms with van der Waals surface area (Å²) < 4.78 is 5.51. The lowest BCUT2D eigenvalue weighted by atomic mass is 9.92. The van der Waals surface area contributed by atoms with Crippen LogP contribution in [0.4, 0.5) is 0 Å². The second kappa shape index (κ2) is 5.06. The topological polar surface area (TPSA) is 9.23 Å². The van der Waals surface area contributed by atoms with Crippen molar-refractivity contribution in [2.75, 3.05) is 0 Å². The Bertz CT molecular complexity index is 887. The highest BCUT2D eigenvalue weighted by Crippen LogP contribution is 2.36. The minimum atomic E-state index is 0.641. The molecule has 0 heterocycles. The molecule has 1 nitrogen and oxygen atoms in total. The largest absolute Gasteiger partial charge is 0.301 e. The van der Waals surface area contributed by atoms with E-state index in [0.717, 1.165) is 0 Å². The van der Waals surface area contributed by atoms with Crippen molar-refractivity contribution in [2.45, 2.75) is 6.61 Å². The van der Waals surface area contributed by atoms with Crippen molar-refractivity contribution in [3.05, 3.63) is 60.2 Å². The van der Waals surface area contributed by atoms with Gasteiger partial charge >= 0.3 is 0 Å². The molecular weight excluding hydrogens is 379 g/mol. The van der Waals surface area contributed by atoms with E-state index in [2.05, 4.69) is 75.8 Å². The quantitative estimate of drug-likeness (QED) is 0.238. The zero-order chi connectivity index (χ0) is 13.5. The standard InChI is InChI=1S/C17H11IOS/c18-20-19-10-14-7-6-13-5-4-11-2-1-3-12-8-9-15(14)17(13)16(11)12/h1-9H,10H2. The van der Waals surface area contributed by atoms with Gasteiger partial charge in [-0.25, -0.2) is 0 Å². The van der Waals surface area contributed by atoms with Crippen molar-refractivity contribution in [1.29, 1.82) is 0 Å². The van der Waals surface area contributed by atoms with E-state index < -0.39 is 0 Å². The first-order valence-electron chi connectivity index (χ1n) is 6.44. The van der Waals surface area contributed by atoms with E-state index in [4.69, 9.17) is 4.18 Å². The van der Waals surface area contributed by atoms with Crippen LogP contribution >= 0.6 is 30.4 Å². The third-order valence-corrected chi connectivity index (χ3v) is 4.85. The van der Waals surface area contributed by atoms with Crippen molar-refractivity contribution < 1.29 is 4.18 Å². The fourth-order valence-corrected chi connectivity index (χ4v) is 3.56. The Kier molecular flexibility index (Phi) is 3.21. The number of rotatable bonds is 3. The predicted molar refractivity (Wildman–Crippen MR) is 96.5 cm³/mol. The van der Waals surface area contributed by atoms with Crippen LogP contribution in [0.1, 0.15) is 5.56 Å². The molecule has 20 heavy (non-hydrogen) atoms. The zero-order valence-corrected chi connectivity index (χ0v) is 13.6. The molecule has 0 aromatic heterocycles. The average molecular weight is 390 g/mol. The minimum absolute atomic E-state index is 0.641. The van der Waals surface area contributed by atoms with Crippen LogP contribution in [0.25, 0.3) is 32.3 Å². The maximum Gasteiger partial charge on any atom is 0.0880 e. The molecule has 0 atom stereocenters. The summed E-state index contributed by atoms with van der Waals surface area (Å²) in [6.07, 6.45) is 0. The lowest BCUT2D eigenvalue weighted by Crippen LogP contribution is -1.90. The van der Waals surface area contributed by atoms with Crippen LogP contribution in [-0.2, 0) is 10.8 Å². The Balaban J connectivity index is 2.14. The lowest BCUT2D eigenvalue weighted by molar-refractivity contribution is 0.373. The zero-order valence-electron chi connectivity index (χ0n) is 10.6. The maximum absolute atomic E-state index is 5.51. The summed E-state index contributed by atoms with van der Waals surface area (Å²) in [6, 6.07) is 19.7. The van der Waals surface area contributed by atoms with Crippen molar-refractivity contribution >= 4 is 62.7 Å². The summed E-state index contributed by atoms with van der Waals surface area (Å²) in [6.45, 7) is 0.641. The Morgan fingerprint density at radius 1 is 0.800 bits per heavy atom. The smallest absolute Gasteiger partial charge is 0.0880 e. The molecule has 0 aliphatic rings. The van der Waals surface area contributed by atoms with Gasteiger partial charge in [0.2, 0.25) is 0 Å². The van der Waals surface area contributed by atoms with Crippen molar-refractivity contribution in [3.63, 3.8) is 0 Å². The highest BCUT2D eigenvalue weighted by atomic mass is 127. The summed E-state index contributed by atoms with van der Waals surface area (Å²) in [7, 11) is 1.39. The van der Waals surface area contributed by atoms with E-state index in [0.29, 0.717) is 6.61 Å². The Morgan fingerprint density at radius 3 is 2.20 bits per heavy atom. The number of benzene rings is 4. The second-order valence-corrected chi connectivity index (χ2v) is 6.35. The molecule has 0 unspecified atom stereocenters. The van der Waals surface area contributed by atoms with E-state index in [1.54, 1.807) is 0 Å². The fraction of sp³-hybridized carbons (Fsp3) is 0.0588. The molecule has 0 saturated carbocycles. The Hall–Kier alpha value is -1.04. The fourth-order valence-electron chi connectivity index (χ4n) is 3.01. The van der Waals surface area contributed by atoms with E-state index >= 15 is 0 Å². The molecule has 3 heteroatoms.